The lowest BCUT2D eigenvalue weighted by Crippen LogP contribution is -2.28. The minimum atomic E-state index is -3.49. The fourth-order valence-corrected chi connectivity index (χ4v) is 4.88. The van der Waals surface area contributed by atoms with Gasteiger partial charge in [-0.2, -0.15) is 5.10 Å². The molecule has 0 spiro atoms. The first-order valence-electron chi connectivity index (χ1n) is 10.7. The van der Waals surface area contributed by atoms with E-state index in [0.717, 1.165) is 17.5 Å². The number of hydrogen-bond acceptors (Lipinski definition) is 5. The van der Waals surface area contributed by atoms with Crippen molar-refractivity contribution < 1.29 is 26.7 Å². The lowest BCUT2D eigenvalue weighted by molar-refractivity contribution is -0.0450. The van der Waals surface area contributed by atoms with Crippen LogP contribution in [0.15, 0.2) is 29.3 Å². The van der Waals surface area contributed by atoms with Gasteiger partial charge in [0.2, 0.25) is 5.92 Å². The van der Waals surface area contributed by atoms with Crippen molar-refractivity contribution in [1.82, 2.24) is 14.7 Å². The number of aromatic nitrogens is 2. The standard InChI is InChI=1S/C22H27F2N3O4S/c1-14(2)31-20-5-4-17(32(3,29)30)10-18(20)21(28)26-11-15-12-27(25-19(15)13-26)16-6-8-22(23,24)9-7-16/h4-5,10,12,14,16H,6-9,11,13H2,1-3H3. The zero-order valence-corrected chi connectivity index (χ0v) is 19.2. The Bertz CT molecular complexity index is 1110. The summed E-state index contributed by atoms with van der Waals surface area (Å²) in [6, 6.07) is 4.24. The Kier molecular flexibility index (Phi) is 5.77. The molecule has 2 heterocycles. The maximum Gasteiger partial charge on any atom is 0.258 e. The number of amides is 1. The lowest BCUT2D eigenvalue weighted by Gasteiger charge is -2.28. The second-order valence-electron chi connectivity index (χ2n) is 8.93. The first kappa shape index (κ1) is 22.7. The highest BCUT2D eigenvalue weighted by atomic mass is 32.2. The van der Waals surface area contributed by atoms with E-state index in [-0.39, 0.29) is 47.9 Å². The summed E-state index contributed by atoms with van der Waals surface area (Å²) in [5, 5.41) is 4.57. The second kappa shape index (κ2) is 8.13. The van der Waals surface area contributed by atoms with Gasteiger partial charge in [-0.15, -0.1) is 0 Å². The summed E-state index contributed by atoms with van der Waals surface area (Å²) in [5.74, 6) is -2.60. The molecular formula is C22H27F2N3O4S. The molecule has 7 nitrogen and oxygen atoms in total. The minimum Gasteiger partial charge on any atom is -0.490 e. The van der Waals surface area contributed by atoms with E-state index in [9.17, 15) is 22.0 Å². The second-order valence-corrected chi connectivity index (χ2v) is 10.9. The van der Waals surface area contributed by atoms with Crippen LogP contribution in [0, 0.1) is 0 Å². The van der Waals surface area contributed by atoms with Crippen molar-refractivity contribution in [3.63, 3.8) is 0 Å². The maximum absolute atomic E-state index is 13.4. The fourth-order valence-electron chi connectivity index (χ4n) is 4.23. The van der Waals surface area contributed by atoms with E-state index >= 15 is 0 Å². The van der Waals surface area contributed by atoms with E-state index in [0.29, 0.717) is 25.1 Å². The molecule has 2 aliphatic rings. The Morgan fingerprint density at radius 3 is 2.50 bits per heavy atom. The van der Waals surface area contributed by atoms with Crippen molar-refractivity contribution in [1.29, 1.82) is 0 Å². The average Bonchev–Trinajstić information content (AvgIpc) is 3.25. The van der Waals surface area contributed by atoms with Crippen LogP contribution in [-0.2, 0) is 22.9 Å². The highest BCUT2D eigenvalue weighted by molar-refractivity contribution is 7.90. The number of hydrogen-bond donors (Lipinski definition) is 0. The molecule has 32 heavy (non-hydrogen) atoms. The van der Waals surface area contributed by atoms with E-state index in [1.54, 1.807) is 9.58 Å². The summed E-state index contributed by atoms with van der Waals surface area (Å²) in [4.78, 5) is 14.9. The number of sulfone groups is 1. The molecule has 0 N–H and O–H groups in total. The van der Waals surface area contributed by atoms with Crippen LogP contribution in [0.1, 0.15) is 67.2 Å². The molecule has 10 heteroatoms. The highest BCUT2D eigenvalue weighted by Crippen LogP contribution is 2.39. The van der Waals surface area contributed by atoms with Crippen LogP contribution in [-0.4, -0.2) is 47.3 Å². The van der Waals surface area contributed by atoms with Crippen LogP contribution in [0.4, 0.5) is 8.78 Å². The zero-order valence-electron chi connectivity index (χ0n) is 18.3. The molecule has 174 valence electrons. The third-order valence-corrected chi connectivity index (χ3v) is 7.03. The van der Waals surface area contributed by atoms with Crippen LogP contribution < -0.4 is 4.74 Å². The molecule has 4 rings (SSSR count). The Morgan fingerprint density at radius 2 is 1.91 bits per heavy atom. The zero-order chi connectivity index (χ0) is 23.3. The van der Waals surface area contributed by atoms with E-state index in [1.165, 1.54) is 18.2 Å². The van der Waals surface area contributed by atoms with E-state index in [2.05, 4.69) is 5.10 Å². The van der Waals surface area contributed by atoms with Gasteiger partial charge in [-0.3, -0.25) is 9.48 Å². The summed E-state index contributed by atoms with van der Waals surface area (Å²) >= 11 is 0. The predicted octanol–water partition coefficient (Wildman–Crippen LogP) is 3.98. The Hall–Kier alpha value is -2.49. The molecule has 1 aromatic heterocycles. The molecule has 0 bridgehead atoms. The summed E-state index contributed by atoms with van der Waals surface area (Å²) in [6.07, 6.45) is 3.23. The number of alkyl halides is 2. The lowest BCUT2D eigenvalue weighted by atomic mass is 9.92. The topological polar surface area (TPSA) is 81.5 Å². The molecule has 1 aliphatic carbocycles. The molecule has 1 saturated carbocycles. The van der Waals surface area contributed by atoms with Crippen LogP contribution in [0.5, 0.6) is 5.75 Å². The molecule has 1 amide bonds. The minimum absolute atomic E-state index is 0.0492. The molecule has 2 aromatic rings. The average molecular weight is 468 g/mol. The highest BCUT2D eigenvalue weighted by Gasteiger charge is 2.37. The number of carbonyl (C=O) groups is 1. The smallest absolute Gasteiger partial charge is 0.258 e. The van der Waals surface area contributed by atoms with Gasteiger partial charge in [-0.1, -0.05) is 0 Å². The first-order valence-corrected chi connectivity index (χ1v) is 12.6. The number of benzene rings is 1. The molecule has 1 aromatic carbocycles. The Morgan fingerprint density at radius 1 is 1.22 bits per heavy atom. The van der Waals surface area contributed by atoms with Crippen molar-refractivity contribution in [3.05, 3.63) is 41.2 Å². The van der Waals surface area contributed by atoms with Crippen LogP contribution >= 0.6 is 0 Å². The molecule has 0 radical (unpaired) electrons. The van der Waals surface area contributed by atoms with E-state index in [4.69, 9.17) is 4.74 Å². The summed E-state index contributed by atoms with van der Waals surface area (Å²) in [7, 11) is -3.49. The number of carbonyl (C=O) groups excluding carboxylic acids is 1. The van der Waals surface area contributed by atoms with E-state index in [1.807, 2.05) is 20.0 Å². The summed E-state index contributed by atoms with van der Waals surface area (Å²) in [6.45, 7) is 4.25. The Labute approximate surface area is 186 Å². The molecule has 1 fully saturated rings. The predicted molar refractivity (Wildman–Crippen MR) is 114 cm³/mol. The number of halogens is 2. The van der Waals surface area contributed by atoms with Gasteiger partial charge in [0.25, 0.3) is 5.91 Å². The quantitative estimate of drug-likeness (QED) is 0.664. The number of nitrogens with zero attached hydrogens (tertiary/aromatic N) is 3. The first-order chi connectivity index (χ1) is 14.9. The van der Waals surface area contributed by atoms with Gasteiger partial charge in [-0.25, -0.2) is 17.2 Å². The van der Waals surface area contributed by atoms with Gasteiger partial charge >= 0.3 is 0 Å². The summed E-state index contributed by atoms with van der Waals surface area (Å²) in [5.41, 5.74) is 1.80. The molecular weight excluding hydrogens is 440 g/mol. The Balaban J connectivity index is 1.53. The van der Waals surface area contributed by atoms with Crippen LogP contribution in [0.2, 0.25) is 0 Å². The normalized spacial score (nSPS) is 18.8. The third-order valence-electron chi connectivity index (χ3n) is 5.92. The van der Waals surface area contributed by atoms with Crippen molar-refractivity contribution in [3.8, 4) is 5.75 Å². The van der Waals surface area contributed by atoms with Crippen LogP contribution in [0.3, 0.4) is 0 Å². The van der Waals surface area contributed by atoms with Gasteiger partial charge in [-0.05, 0) is 44.9 Å². The summed E-state index contributed by atoms with van der Waals surface area (Å²) < 4.78 is 58.4. The fraction of sp³-hybridized carbons (Fsp3) is 0.545. The van der Waals surface area contributed by atoms with Crippen molar-refractivity contribution in [2.45, 2.75) is 75.6 Å². The third kappa shape index (κ3) is 4.65. The SMILES string of the molecule is CC(C)Oc1ccc(S(C)(=O)=O)cc1C(=O)N1Cc2cn(C3CCC(F)(F)CC3)nc2C1. The number of ether oxygens (including phenoxy) is 1. The number of fused-ring (bicyclic) bond motifs is 1. The molecule has 1 aliphatic heterocycles. The van der Waals surface area contributed by atoms with Gasteiger partial charge < -0.3 is 9.64 Å². The molecule has 0 atom stereocenters. The largest absolute Gasteiger partial charge is 0.490 e. The van der Waals surface area contributed by atoms with Crippen LogP contribution in [0.25, 0.3) is 0 Å². The maximum atomic E-state index is 13.4. The number of rotatable bonds is 5. The monoisotopic (exact) mass is 467 g/mol. The van der Waals surface area contributed by atoms with Crippen molar-refractivity contribution >= 4 is 15.7 Å². The van der Waals surface area contributed by atoms with E-state index < -0.39 is 15.8 Å². The van der Waals surface area contributed by atoms with Gasteiger partial charge in [0.05, 0.1) is 34.8 Å². The van der Waals surface area contributed by atoms with Gasteiger partial charge in [0.15, 0.2) is 9.84 Å². The van der Waals surface area contributed by atoms with Crippen molar-refractivity contribution in [2.75, 3.05) is 6.26 Å². The van der Waals surface area contributed by atoms with Gasteiger partial charge in [0, 0.05) is 37.4 Å². The van der Waals surface area contributed by atoms with Gasteiger partial charge in [0.1, 0.15) is 5.75 Å². The van der Waals surface area contributed by atoms with Crippen molar-refractivity contribution in [2.24, 2.45) is 0 Å². The molecule has 0 unspecified atom stereocenters. The molecule has 0 saturated heterocycles.